The Morgan fingerprint density at radius 3 is 2.90 bits per heavy atom. The second-order valence-electron chi connectivity index (χ2n) is 5.36. The molecular weight excluding hydrogens is 258 g/mol. The SMILES string of the molecule is C[C@@H]1C[C@](Cc2c[nH]c3ccccc23)(C(=O)O)OC1=O. The highest BCUT2D eigenvalue weighted by Gasteiger charge is 2.51. The van der Waals surface area contributed by atoms with Crippen LogP contribution in [0.5, 0.6) is 0 Å². The number of carboxylic acid groups (broad SMARTS) is 1. The normalized spacial score (nSPS) is 25.9. The summed E-state index contributed by atoms with van der Waals surface area (Å²) in [5.41, 5.74) is 0.354. The summed E-state index contributed by atoms with van der Waals surface area (Å²) in [6.07, 6.45) is 2.18. The number of rotatable bonds is 3. The number of nitrogens with one attached hydrogen (secondary N) is 1. The van der Waals surface area contributed by atoms with Crippen molar-refractivity contribution in [1.29, 1.82) is 0 Å². The molecule has 1 aromatic carbocycles. The van der Waals surface area contributed by atoms with Gasteiger partial charge in [-0.25, -0.2) is 4.79 Å². The molecule has 2 heterocycles. The molecule has 1 aliphatic rings. The van der Waals surface area contributed by atoms with Crippen LogP contribution in [-0.4, -0.2) is 27.6 Å². The fraction of sp³-hybridized carbons (Fsp3) is 0.333. The van der Waals surface area contributed by atoms with Gasteiger partial charge in [0, 0.05) is 29.9 Å². The number of ether oxygens (including phenoxy) is 1. The summed E-state index contributed by atoms with van der Waals surface area (Å²) in [5.74, 6) is -1.90. The number of carboxylic acids is 1. The van der Waals surface area contributed by atoms with E-state index in [1.165, 1.54) is 0 Å². The van der Waals surface area contributed by atoms with Gasteiger partial charge in [-0.15, -0.1) is 0 Å². The van der Waals surface area contributed by atoms with E-state index >= 15 is 0 Å². The Hall–Kier alpha value is -2.30. The molecule has 5 nitrogen and oxygen atoms in total. The fourth-order valence-corrected chi connectivity index (χ4v) is 2.81. The summed E-state index contributed by atoms with van der Waals surface area (Å²) in [7, 11) is 0. The molecule has 0 aliphatic carbocycles. The number of H-pyrrole nitrogens is 1. The summed E-state index contributed by atoms with van der Waals surface area (Å²) in [6.45, 7) is 1.70. The lowest BCUT2D eigenvalue weighted by Crippen LogP contribution is -2.40. The molecule has 104 valence electrons. The molecule has 1 saturated heterocycles. The number of benzene rings is 1. The van der Waals surface area contributed by atoms with Crippen molar-refractivity contribution in [3.8, 4) is 0 Å². The van der Waals surface area contributed by atoms with Gasteiger partial charge in [-0.2, -0.15) is 0 Å². The molecule has 0 spiro atoms. The first-order valence-electron chi connectivity index (χ1n) is 6.53. The third kappa shape index (κ3) is 1.86. The summed E-state index contributed by atoms with van der Waals surface area (Å²) in [5, 5.41) is 10.4. The van der Waals surface area contributed by atoms with Gasteiger partial charge in [0.2, 0.25) is 5.60 Å². The summed E-state index contributed by atoms with van der Waals surface area (Å²) < 4.78 is 5.19. The van der Waals surface area contributed by atoms with Gasteiger partial charge in [-0.1, -0.05) is 25.1 Å². The lowest BCUT2D eigenvalue weighted by molar-refractivity contribution is -0.169. The van der Waals surface area contributed by atoms with Gasteiger partial charge in [0.25, 0.3) is 0 Å². The van der Waals surface area contributed by atoms with Crippen LogP contribution in [-0.2, 0) is 20.7 Å². The third-order valence-electron chi connectivity index (χ3n) is 3.87. The topological polar surface area (TPSA) is 79.4 Å². The molecule has 0 radical (unpaired) electrons. The van der Waals surface area contributed by atoms with Crippen molar-refractivity contribution >= 4 is 22.8 Å². The standard InChI is InChI=1S/C15H15NO4/c1-9-6-15(14(18)19,20-13(9)17)7-10-8-16-12-5-3-2-4-11(10)12/h2-5,8-9,16H,6-7H2,1H3,(H,18,19)/t9-,15+/m1/s1. The van der Waals surface area contributed by atoms with E-state index in [0.717, 1.165) is 16.5 Å². The minimum atomic E-state index is -1.44. The number of fused-ring (bicyclic) bond motifs is 1. The molecule has 5 heteroatoms. The molecule has 20 heavy (non-hydrogen) atoms. The van der Waals surface area contributed by atoms with E-state index in [1.54, 1.807) is 13.1 Å². The van der Waals surface area contributed by atoms with Crippen molar-refractivity contribution in [2.24, 2.45) is 5.92 Å². The number of esters is 1. The molecule has 1 aromatic heterocycles. The first kappa shape index (κ1) is 12.7. The van der Waals surface area contributed by atoms with E-state index in [0.29, 0.717) is 0 Å². The molecule has 1 fully saturated rings. The third-order valence-corrected chi connectivity index (χ3v) is 3.87. The van der Waals surface area contributed by atoms with Crippen LogP contribution in [0.4, 0.5) is 0 Å². The van der Waals surface area contributed by atoms with Crippen molar-refractivity contribution in [1.82, 2.24) is 4.98 Å². The van der Waals surface area contributed by atoms with Crippen molar-refractivity contribution in [2.75, 3.05) is 0 Å². The molecule has 0 unspecified atom stereocenters. The average molecular weight is 273 g/mol. The predicted octanol–water partition coefficient (Wildman–Crippen LogP) is 2.12. The smallest absolute Gasteiger partial charge is 0.348 e. The van der Waals surface area contributed by atoms with E-state index in [9.17, 15) is 14.7 Å². The van der Waals surface area contributed by atoms with Crippen LogP contribution >= 0.6 is 0 Å². The Kier molecular flexibility index (Phi) is 2.78. The lowest BCUT2D eigenvalue weighted by Gasteiger charge is -2.22. The van der Waals surface area contributed by atoms with Crippen LogP contribution in [0.1, 0.15) is 18.9 Å². The number of aliphatic carboxylic acids is 1. The highest BCUT2D eigenvalue weighted by molar-refractivity contribution is 5.89. The van der Waals surface area contributed by atoms with Crippen molar-refractivity contribution in [3.63, 3.8) is 0 Å². The van der Waals surface area contributed by atoms with Crippen molar-refractivity contribution < 1.29 is 19.4 Å². The number of carbonyl (C=O) groups is 2. The zero-order chi connectivity index (χ0) is 14.3. The fourth-order valence-electron chi connectivity index (χ4n) is 2.81. The van der Waals surface area contributed by atoms with Gasteiger partial charge >= 0.3 is 11.9 Å². The Balaban J connectivity index is 1.99. The zero-order valence-corrected chi connectivity index (χ0v) is 11.1. The second kappa shape index (κ2) is 4.37. The van der Waals surface area contributed by atoms with E-state index in [4.69, 9.17) is 4.74 Å². The van der Waals surface area contributed by atoms with Crippen LogP contribution in [0.2, 0.25) is 0 Å². The van der Waals surface area contributed by atoms with Crippen LogP contribution in [0.3, 0.4) is 0 Å². The number of carbonyl (C=O) groups excluding carboxylic acids is 1. The maximum absolute atomic E-state index is 11.6. The van der Waals surface area contributed by atoms with Crippen LogP contribution in [0.25, 0.3) is 10.9 Å². The lowest BCUT2D eigenvalue weighted by atomic mass is 9.88. The Morgan fingerprint density at radius 2 is 2.25 bits per heavy atom. The maximum atomic E-state index is 11.6. The highest BCUT2D eigenvalue weighted by atomic mass is 16.6. The number of para-hydroxylation sites is 1. The van der Waals surface area contributed by atoms with Crippen LogP contribution < -0.4 is 0 Å². The minimum absolute atomic E-state index is 0.183. The number of aromatic amines is 1. The Morgan fingerprint density at radius 1 is 1.50 bits per heavy atom. The zero-order valence-electron chi connectivity index (χ0n) is 11.1. The van der Waals surface area contributed by atoms with Crippen molar-refractivity contribution in [2.45, 2.75) is 25.4 Å². The first-order chi connectivity index (χ1) is 9.52. The average Bonchev–Trinajstić information content (AvgIpc) is 2.94. The van der Waals surface area contributed by atoms with Gasteiger partial charge in [0.15, 0.2) is 0 Å². The number of cyclic esters (lactones) is 1. The quantitative estimate of drug-likeness (QED) is 0.839. The molecule has 0 bridgehead atoms. The summed E-state index contributed by atoms with van der Waals surface area (Å²) in [6, 6.07) is 7.66. The van der Waals surface area contributed by atoms with Gasteiger partial charge in [-0.05, 0) is 11.6 Å². The monoisotopic (exact) mass is 273 g/mol. The van der Waals surface area contributed by atoms with Crippen molar-refractivity contribution in [3.05, 3.63) is 36.0 Å². The molecular formula is C15H15NO4. The molecule has 3 rings (SSSR count). The minimum Gasteiger partial charge on any atom is -0.478 e. The second-order valence-corrected chi connectivity index (χ2v) is 5.36. The molecule has 0 amide bonds. The van der Waals surface area contributed by atoms with Gasteiger partial charge in [-0.3, -0.25) is 4.79 Å². The van der Waals surface area contributed by atoms with E-state index in [-0.39, 0.29) is 18.8 Å². The van der Waals surface area contributed by atoms with E-state index in [1.807, 2.05) is 24.3 Å². The molecule has 1 aliphatic heterocycles. The molecule has 2 atom stereocenters. The largest absolute Gasteiger partial charge is 0.478 e. The van der Waals surface area contributed by atoms with E-state index in [2.05, 4.69) is 4.98 Å². The Labute approximate surface area is 115 Å². The van der Waals surface area contributed by atoms with Crippen LogP contribution in [0.15, 0.2) is 30.5 Å². The Bertz CT molecular complexity index is 690. The van der Waals surface area contributed by atoms with E-state index < -0.39 is 17.5 Å². The predicted molar refractivity (Wildman–Crippen MR) is 72.2 cm³/mol. The molecule has 2 N–H and O–H groups in total. The maximum Gasteiger partial charge on any atom is 0.348 e. The van der Waals surface area contributed by atoms with Crippen LogP contribution in [0, 0.1) is 5.92 Å². The highest BCUT2D eigenvalue weighted by Crippen LogP contribution is 2.36. The van der Waals surface area contributed by atoms with Gasteiger partial charge in [0.05, 0.1) is 5.92 Å². The van der Waals surface area contributed by atoms with Gasteiger partial charge in [0.1, 0.15) is 0 Å². The van der Waals surface area contributed by atoms with Gasteiger partial charge < -0.3 is 14.8 Å². The number of hydrogen-bond acceptors (Lipinski definition) is 3. The summed E-state index contributed by atoms with van der Waals surface area (Å²) >= 11 is 0. The number of aromatic nitrogens is 1. The first-order valence-corrected chi connectivity index (χ1v) is 6.53. The summed E-state index contributed by atoms with van der Waals surface area (Å²) in [4.78, 5) is 26.3. The number of hydrogen-bond donors (Lipinski definition) is 2. The molecule has 0 saturated carbocycles. The molecule has 2 aromatic rings.